The van der Waals surface area contributed by atoms with E-state index in [0.29, 0.717) is 48.4 Å². The molecular formula is C32H32N6O5. The number of aryl methyl sites for hydroxylation is 2. The van der Waals surface area contributed by atoms with E-state index in [1.807, 2.05) is 61.2 Å². The number of carbonyl (C=O) groups is 2. The number of nitrogens with zero attached hydrogens (tertiary/aromatic N) is 4. The lowest BCUT2D eigenvalue weighted by atomic mass is 10.1. The van der Waals surface area contributed by atoms with Crippen LogP contribution in [0.15, 0.2) is 66.9 Å². The normalized spacial score (nSPS) is 18.5. The first-order valence-electron chi connectivity index (χ1n) is 14.0. The number of anilines is 1. The zero-order valence-electron chi connectivity index (χ0n) is 24.2. The van der Waals surface area contributed by atoms with Gasteiger partial charge in [0.2, 0.25) is 5.95 Å². The quantitative estimate of drug-likeness (QED) is 0.375. The van der Waals surface area contributed by atoms with Gasteiger partial charge in [-0.05, 0) is 67.9 Å². The number of rotatable bonds is 3. The van der Waals surface area contributed by atoms with Gasteiger partial charge in [-0.15, -0.1) is 0 Å². The molecule has 3 aliphatic rings. The molecule has 5 heterocycles. The third-order valence-corrected chi connectivity index (χ3v) is 7.49. The van der Waals surface area contributed by atoms with Crippen LogP contribution in [0.4, 0.5) is 5.95 Å². The second-order valence-corrected chi connectivity index (χ2v) is 10.5. The Hall–Kier alpha value is -5.19. The van der Waals surface area contributed by atoms with Crippen molar-refractivity contribution in [3.8, 4) is 28.5 Å². The summed E-state index contributed by atoms with van der Waals surface area (Å²) in [5.74, 6) is 1.30. The Morgan fingerprint density at radius 1 is 0.977 bits per heavy atom. The maximum absolute atomic E-state index is 13.5. The molecule has 2 atom stereocenters. The van der Waals surface area contributed by atoms with E-state index in [4.69, 9.17) is 19.2 Å². The van der Waals surface area contributed by atoms with Gasteiger partial charge in [-0.1, -0.05) is 12.1 Å². The standard InChI is InChI=1S/C32H32N6O5/c1-19-4-10-24(20(2)35-19)25-12-13-33-32(37-25)38-16-26-29(17-38)43-23-8-5-21(6-9-23)15-34-30(39)18-42-28-14-22(31(40)36-26)7-11-27(28)41-3/h4-14,26,29H,15-18H2,1-3H3,(H,34,39)(H,36,40)/t26-,29-/m0/s1. The lowest BCUT2D eigenvalue weighted by Gasteiger charge is -2.21. The van der Waals surface area contributed by atoms with Crippen molar-refractivity contribution in [3.63, 3.8) is 0 Å². The van der Waals surface area contributed by atoms with Crippen molar-refractivity contribution >= 4 is 17.8 Å². The van der Waals surface area contributed by atoms with Crippen LogP contribution in [0.1, 0.15) is 27.3 Å². The highest BCUT2D eigenvalue weighted by molar-refractivity contribution is 5.95. The monoisotopic (exact) mass is 580 g/mol. The molecule has 7 rings (SSSR count). The summed E-state index contributed by atoms with van der Waals surface area (Å²) >= 11 is 0. The van der Waals surface area contributed by atoms with Crippen molar-refractivity contribution in [3.05, 3.63) is 89.4 Å². The lowest BCUT2D eigenvalue weighted by molar-refractivity contribution is -0.123. The molecule has 4 bridgehead atoms. The van der Waals surface area contributed by atoms with Gasteiger partial charge in [0.05, 0.1) is 25.4 Å². The number of methoxy groups -OCH3 is 1. The molecule has 11 heteroatoms. The van der Waals surface area contributed by atoms with E-state index in [1.54, 1.807) is 24.4 Å². The first-order valence-corrected chi connectivity index (χ1v) is 14.0. The number of ether oxygens (including phenoxy) is 3. The smallest absolute Gasteiger partial charge is 0.258 e. The summed E-state index contributed by atoms with van der Waals surface area (Å²) in [6.45, 7) is 4.92. The van der Waals surface area contributed by atoms with Crippen molar-refractivity contribution < 1.29 is 23.8 Å². The zero-order valence-corrected chi connectivity index (χ0v) is 24.2. The van der Waals surface area contributed by atoms with Gasteiger partial charge in [-0.3, -0.25) is 14.6 Å². The Morgan fingerprint density at radius 3 is 2.60 bits per heavy atom. The number of aromatic nitrogens is 3. The Morgan fingerprint density at radius 2 is 1.81 bits per heavy atom. The fourth-order valence-electron chi connectivity index (χ4n) is 5.24. The van der Waals surface area contributed by atoms with Crippen molar-refractivity contribution in [2.75, 3.05) is 31.7 Å². The first-order chi connectivity index (χ1) is 20.9. The summed E-state index contributed by atoms with van der Waals surface area (Å²) in [7, 11) is 1.50. The molecule has 43 heavy (non-hydrogen) atoms. The van der Waals surface area contributed by atoms with E-state index in [1.165, 1.54) is 7.11 Å². The maximum Gasteiger partial charge on any atom is 0.258 e. The molecular weight excluding hydrogens is 548 g/mol. The predicted octanol–water partition coefficient (Wildman–Crippen LogP) is 3.24. The predicted molar refractivity (Wildman–Crippen MR) is 159 cm³/mol. The number of hydrogen-bond acceptors (Lipinski definition) is 9. The molecule has 220 valence electrons. The van der Waals surface area contributed by atoms with Gasteiger partial charge < -0.3 is 29.7 Å². The molecule has 2 amide bonds. The second kappa shape index (κ2) is 12.0. The van der Waals surface area contributed by atoms with Crippen LogP contribution in [-0.4, -0.2) is 65.7 Å². The van der Waals surface area contributed by atoms with Crippen LogP contribution in [-0.2, 0) is 11.3 Å². The molecule has 2 aromatic carbocycles. The lowest BCUT2D eigenvalue weighted by Crippen LogP contribution is -2.45. The van der Waals surface area contributed by atoms with Crippen LogP contribution in [0.2, 0.25) is 0 Å². The van der Waals surface area contributed by atoms with Crippen LogP contribution in [0.5, 0.6) is 17.2 Å². The van der Waals surface area contributed by atoms with E-state index in [-0.39, 0.29) is 24.5 Å². The highest BCUT2D eigenvalue weighted by Crippen LogP contribution is 2.29. The van der Waals surface area contributed by atoms with Crippen LogP contribution in [0, 0.1) is 13.8 Å². The van der Waals surface area contributed by atoms with Crippen LogP contribution in [0.3, 0.4) is 0 Å². The molecule has 0 spiro atoms. The van der Waals surface area contributed by atoms with E-state index in [9.17, 15) is 9.59 Å². The molecule has 4 aromatic rings. The minimum Gasteiger partial charge on any atom is -0.493 e. The highest BCUT2D eigenvalue weighted by atomic mass is 16.5. The van der Waals surface area contributed by atoms with Gasteiger partial charge in [0.1, 0.15) is 11.9 Å². The molecule has 1 fully saturated rings. The Balaban J connectivity index is 1.31. The Kier molecular flexibility index (Phi) is 7.78. The fraction of sp³-hybridized carbons (Fsp3) is 0.281. The van der Waals surface area contributed by atoms with Gasteiger partial charge in [0.15, 0.2) is 18.1 Å². The average molecular weight is 581 g/mol. The number of fused-ring (bicyclic) bond motifs is 7. The van der Waals surface area contributed by atoms with Crippen molar-refractivity contribution in [1.82, 2.24) is 25.6 Å². The van der Waals surface area contributed by atoms with E-state index in [0.717, 1.165) is 28.2 Å². The molecule has 0 unspecified atom stereocenters. The largest absolute Gasteiger partial charge is 0.493 e. The van der Waals surface area contributed by atoms with Crippen molar-refractivity contribution in [2.45, 2.75) is 32.5 Å². The number of pyridine rings is 1. The summed E-state index contributed by atoms with van der Waals surface area (Å²) in [6.07, 6.45) is 1.34. The summed E-state index contributed by atoms with van der Waals surface area (Å²) < 4.78 is 17.5. The van der Waals surface area contributed by atoms with E-state index >= 15 is 0 Å². The van der Waals surface area contributed by atoms with Gasteiger partial charge >= 0.3 is 0 Å². The van der Waals surface area contributed by atoms with Gasteiger partial charge in [-0.2, -0.15) is 0 Å². The van der Waals surface area contributed by atoms with E-state index in [2.05, 4.69) is 20.6 Å². The summed E-state index contributed by atoms with van der Waals surface area (Å²) in [4.78, 5) is 41.9. The molecule has 0 radical (unpaired) electrons. The van der Waals surface area contributed by atoms with Crippen molar-refractivity contribution in [1.29, 1.82) is 0 Å². The zero-order chi connectivity index (χ0) is 29.9. The molecule has 1 saturated heterocycles. The number of amides is 2. The van der Waals surface area contributed by atoms with E-state index < -0.39 is 6.10 Å². The summed E-state index contributed by atoms with van der Waals surface area (Å²) in [5, 5.41) is 5.98. The fourth-order valence-corrected chi connectivity index (χ4v) is 5.24. The topological polar surface area (TPSA) is 128 Å². The maximum atomic E-state index is 13.5. The number of nitrogens with one attached hydrogen (secondary N) is 2. The molecule has 11 nitrogen and oxygen atoms in total. The minimum absolute atomic E-state index is 0.223. The first kappa shape index (κ1) is 28.0. The minimum atomic E-state index is -0.394. The number of carbonyl (C=O) groups excluding carboxylic acids is 2. The molecule has 0 aliphatic carbocycles. The van der Waals surface area contributed by atoms with Gasteiger partial charge in [0, 0.05) is 41.8 Å². The summed E-state index contributed by atoms with van der Waals surface area (Å²) in [6, 6.07) is 17.8. The molecule has 3 aliphatic heterocycles. The Bertz CT molecular complexity index is 1660. The highest BCUT2D eigenvalue weighted by Gasteiger charge is 2.37. The SMILES string of the molecule is COc1ccc2cc1OCC(=O)NCc1ccc(cc1)O[C@H]1CN(c3nccc(-c4ccc(C)nc4C)n3)C[C@@H]1NC2=O. The van der Waals surface area contributed by atoms with Crippen LogP contribution >= 0.6 is 0 Å². The summed E-state index contributed by atoms with van der Waals surface area (Å²) in [5.41, 5.74) is 4.82. The molecule has 0 saturated carbocycles. The van der Waals surface area contributed by atoms with Crippen molar-refractivity contribution in [2.24, 2.45) is 0 Å². The number of benzene rings is 2. The van der Waals surface area contributed by atoms with Crippen LogP contribution in [0.25, 0.3) is 11.3 Å². The third-order valence-electron chi connectivity index (χ3n) is 7.49. The second-order valence-electron chi connectivity index (χ2n) is 10.5. The van der Waals surface area contributed by atoms with Gasteiger partial charge in [-0.25, -0.2) is 9.97 Å². The Labute approximate surface area is 249 Å². The van der Waals surface area contributed by atoms with Crippen LogP contribution < -0.4 is 29.7 Å². The number of hydrogen-bond donors (Lipinski definition) is 2. The molecule has 2 aromatic heterocycles. The molecule has 2 N–H and O–H groups in total. The third kappa shape index (κ3) is 6.20. The average Bonchev–Trinajstić information content (AvgIpc) is 3.41. The van der Waals surface area contributed by atoms with Gasteiger partial charge in [0.25, 0.3) is 11.8 Å².